The van der Waals surface area contributed by atoms with Crippen LogP contribution in [0.15, 0.2) is 35.5 Å². The molecule has 2 fully saturated rings. The Morgan fingerprint density at radius 2 is 1.77 bits per heavy atom. The molecule has 0 bridgehead atoms. The largest absolute Gasteiger partial charge is 0.342 e. The van der Waals surface area contributed by atoms with Crippen molar-refractivity contribution in [3.63, 3.8) is 0 Å². The zero-order chi connectivity index (χ0) is 21.1. The van der Waals surface area contributed by atoms with Crippen LogP contribution >= 0.6 is 11.8 Å². The number of aromatic nitrogens is 3. The smallest absolute Gasteiger partial charge is 0.240 e. The van der Waals surface area contributed by atoms with Gasteiger partial charge in [-0.1, -0.05) is 49.0 Å². The summed E-state index contributed by atoms with van der Waals surface area (Å²) in [4.78, 5) is 17.7. The first-order chi connectivity index (χ1) is 14.6. The Balaban J connectivity index is 1.64. The Morgan fingerprint density at radius 3 is 2.37 bits per heavy atom. The highest BCUT2D eigenvalue weighted by Crippen LogP contribution is 2.44. The summed E-state index contributed by atoms with van der Waals surface area (Å²) in [7, 11) is 0. The second-order valence-corrected chi connectivity index (χ2v) is 9.54. The van der Waals surface area contributed by atoms with E-state index in [2.05, 4.69) is 26.6 Å². The van der Waals surface area contributed by atoms with Crippen molar-refractivity contribution in [2.24, 2.45) is 5.92 Å². The number of amides is 1. The molecule has 30 heavy (non-hydrogen) atoms. The molecule has 1 amide bonds. The Kier molecular flexibility index (Phi) is 6.66. The lowest BCUT2D eigenvalue weighted by molar-refractivity contribution is -0.130. The number of carbonyl (C=O) groups is 1. The fraction of sp³-hybridized carbons (Fsp3) is 0.609. The zero-order valence-corrected chi connectivity index (χ0v) is 19.1. The number of nitrogens with zero attached hydrogens (tertiary/aromatic N) is 5. The Labute approximate surface area is 184 Å². The fourth-order valence-corrected chi connectivity index (χ4v) is 5.31. The van der Waals surface area contributed by atoms with E-state index in [1.54, 1.807) is 11.8 Å². The third-order valence-corrected chi connectivity index (χ3v) is 7.45. The van der Waals surface area contributed by atoms with Crippen LogP contribution in [-0.4, -0.2) is 51.8 Å². The molecule has 2 aromatic rings. The van der Waals surface area contributed by atoms with Crippen LogP contribution in [0.1, 0.15) is 63.3 Å². The molecular formula is C23H33N5OS. The monoisotopic (exact) mass is 427 g/mol. The molecule has 2 heterocycles. The molecule has 0 N–H and O–H groups in total. The van der Waals surface area contributed by atoms with E-state index in [1.807, 2.05) is 49.1 Å². The van der Waals surface area contributed by atoms with E-state index in [1.165, 1.54) is 25.7 Å². The molecule has 1 aromatic carbocycles. The molecule has 1 unspecified atom stereocenters. The number of rotatable bonds is 8. The highest BCUT2D eigenvalue weighted by Gasteiger charge is 2.35. The van der Waals surface area contributed by atoms with Crippen LogP contribution in [-0.2, 0) is 4.79 Å². The fourth-order valence-electron chi connectivity index (χ4n) is 4.12. The third-order valence-electron chi connectivity index (χ3n) is 6.25. The first kappa shape index (κ1) is 21.2. The predicted molar refractivity (Wildman–Crippen MR) is 122 cm³/mol. The second-order valence-electron chi connectivity index (χ2n) is 8.47. The van der Waals surface area contributed by atoms with Gasteiger partial charge in [0.1, 0.15) is 5.25 Å². The van der Waals surface area contributed by atoms with Crippen molar-refractivity contribution < 1.29 is 4.79 Å². The molecule has 1 saturated carbocycles. The van der Waals surface area contributed by atoms with Crippen LogP contribution in [0.5, 0.6) is 0 Å². The van der Waals surface area contributed by atoms with Crippen molar-refractivity contribution in [1.82, 2.24) is 19.7 Å². The number of hydrogen-bond donors (Lipinski definition) is 0. The lowest BCUT2D eigenvalue weighted by atomic mass is 10.00. The number of likely N-dealkylation sites (N-methyl/N-ethyl adjacent to an activating group) is 1. The number of benzene rings is 1. The minimum Gasteiger partial charge on any atom is -0.342 e. The summed E-state index contributed by atoms with van der Waals surface area (Å²) in [6, 6.07) is 10.6. The van der Waals surface area contributed by atoms with Gasteiger partial charge < -0.3 is 9.80 Å². The summed E-state index contributed by atoms with van der Waals surface area (Å²) in [5, 5.41) is 9.78. The van der Waals surface area contributed by atoms with E-state index in [9.17, 15) is 4.79 Å². The molecule has 1 atom stereocenters. The van der Waals surface area contributed by atoms with E-state index < -0.39 is 0 Å². The molecule has 1 aliphatic carbocycles. The minimum absolute atomic E-state index is 0.148. The zero-order valence-electron chi connectivity index (χ0n) is 18.3. The van der Waals surface area contributed by atoms with E-state index in [0.717, 1.165) is 35.7 Å². The number of carbonyl (C=O) groups excluding carboxylic acids is 1. The number of piperidine rings is 1. The number of anilines is 1. The highest BCUT2D eigenvalue weighted by molar-refractivity contribution is 8.00. The van der Waals surface area contributed by atoms with Crippen molar-refractivity contribution in [3.05, 3.63) is 35.9 Å². The van der Waals surface area contributed by atoms with Crippen molar-refractivity contribution >= 4 is 23.6 Å². The van der Waals surface area contributed by atoms with Gasteiger partial charge in [0.25, 0.3) is 0 Å². The molecule has 2 aliphatic rings. The second kappa shape index (κ2) is 9.41. The van der Waals surface area contributed by atoms with Gasteiger partial charge in [-0.3, -0.25) is 9.36 Å². The van der Waals surface area contributed by atoms with Gasteiger partial charge in [0.15, 0.2) is 5.16 Å². The van der Waals surface area contributed by atoms with E-state index in [-0.39, 0.29) is 11.2 Å². The molecule has 4 rings (SSSR count). The Hall–Kier alpha value is -2.02. The summed E-state index contributed by atoms with van der Waals surface area (Å²) in [5.41, 5.74) is 1.03. The molecule has 7 heteroatoms. The van der Waals surface area contributed by atoms with Crippen LogP contribution in [0.3, 0.4) is 0 Å². The summed E-state index contributed by atoms with van der Waals surface area (Å²) >= 11 is 1.56. The first-order valence-electron chi connectivity index (χ1n) is 11.3. The van der Waals surface area contributed by atoms with Gasteiger partial charge in [-0.05, 0) is 51.0 Å². The topological polar surface area (TPSA) is 54.3 Å². The first-order valence-corrected chi connectivity index (χ1v) is 12.2. The van der Waals surface area contributed by atoms with E-state index >= 15 is 0 Å². The third kappa shape index (κ3) is 4.51. The average Bonchev–Trinajstić information content (AvgIpc) is 3.53. The van der Waals surface area contributed by atoms with E-state index in [0.29, 0.717) is 19.1 Å². The Bertz CT molecular complexity index is 839. The summed E-state index contributed by atoms with van der Waals surface area (Å²) < 4.78 is 2.31. The number of thioether (sulfide) groups is 1. The van der Waals surface area contributed by atoms with Gasteiger partial charge in [0.2, 0.25) is 11.9 Å². The molecule has 0 radical (unpaired) electrons. The molecule has 1 saturated heterocycles. The SMILES string of the molecule is CCN(CC)C(=O)C(Sc1nnc(N2CCC(C)CC2)n1C1CC1)c1ccccc1. The van der Waals surface area contributed by atoms with Gasteiger partial charge in [-0.25, -0.2) is 0 Å². The van der Waals surface area contributed by atoms with Gasteiger partial charge in [-0.15, -0.1) is 10.2 Å². The summed E-state index contributed by atoms with van der Waals surface area (Å²) in [6.07, 6.45) is 4.74. The molecule has 162 valence electrons. The van der Waals surface area contributed by atoms with Gasteiger partial charge in [0.05, 0.1) is 0 Å². The lowest BCUT2D eigenvalue weighted by Crippen LogP contribution is -2.35. The van der Waals surface area contributed by atoms with Crippen molar-refractivity contribution in [3.8, 4) is 0 Å². The molecule has 1 aliphatic heterocycles. The van der Waals surface area contributed by atoms with Crippen LogP contribution in [0.2, 0.25) is 0 Å². The van der Waals surface area contributed by atoms with Crippen molar-refractivity contribution in [2.45, 2.75) is 62.9 Å². The molecular weight excluding hydrogens is 394 g/mol. The Morgan fingerprint density at radius 1 is 1.10 bits per heavy atom. The average molecular weight is 428 g/mol. The van der Waals surface area contributed by atoms with Crippen LogP contribution in [0.4, 0.5) is 5.95 Å². The number of hydrogen-bond acceptors (Lipinski definition) is 5. The normalized spacial score (nSPS) is 18.4. The lowest BCUT2D eigenvalue weighted by Gasteiger charge is -2.31. The molecule has 0 spiro atoms. The summed E-state index contributed by atoms with van der Waals surface area (Å²) in [6.45, 7) is 9.91. The van der Waals surface area contributed by atoms with Crippen LogP contribution < -0.4 is 4.90 Å². The van der Waals surface area contributed by atoms with E-state index in [4.69, 9.17) is 0 Å². The quantitative estimate of drug-likeness (QED) is 0.579. The predicted octanol–water partition coefficient (Wildman–Crippen LogP) is 4.55. The maximum Gasteiger partial charge on any atom is 0.240 e. The molecule has 1 aromatic heterocycles. The minimum atomic E-state index is -0.304. The van der Waals surface area contributed by atoms with Crippen molar-refractivity contribution in [1.29, 1.82) is 0 Å². The standard InChI is InChI=1S/C23H33N5OS/c1-4-26(5-2)21(29)20(18-9-7-6-8-10-18)30-23-25-24-22(28(23)19-11-12-19)27-15-13-17(3)14-16-27/h6-10,17,19-20H,4-5,11-16H2,1-3H3. The van der Waals surface area contributed by atoms with Crippen LogP contribution in [0, 0.1) is 5.92 Å². The van der Waals surface area contributed by atoms with Crippen LogP contribution in [0.25, 0.3) is 0 Å². The van der Waals surface area contributed by atoms with Crippen molar-refractivity contribution in [2.75, 3.05) is 31.1 Å². The maximum atomic E-state index is 13.4. The highest BCUT2D eigenvalue weighted by atomic mass is 32.2. The summed E-state index contributed by atoms with van der Waals surface area (Å²) in [5.74, 6) is 1.92. The van der Waals surface area contributed by atoms with Gasteiger partial charge in [-0.2, -0.15) is 0 Å². The molecule has 6 nitrogen and oxygen atoms in total. The van der Waals surface area contributed by atoms with Gasteiger partial charge >= 0.3 is 0 Å². The maximum absolute atomic E-state index is 13.4. The van der Waals surface area contributed by atoms with Gasteiger partial charge in [0, 0.05) is 32.2 Å².